The van der Waals surface area contributed by atoms with E-state index in [9.17, 15) is 9.90 Å². The molecular formula is C17H15N3O2. The van der Waals surface area contributed by atoms with Gasteiger partial charge in [-0.2, -0.15) is 5.10 Å². The first kappa shape index (κ1) is 14.0. The van der Waals surface area contributed by atoms with Crippen LogP contribution in [0.1, 0.15) is 17.4 Å². The highest BCUT2D eigenvalue weighted by Gasteiger charge is 2.15. The van der Waals surface area contributed by atoms with Crippen LogP contribution < -0.4 is 5.43 Å². The van der Waals surface area contributed by atoms with E-state index in [1.165, 1.54) is 6.21 Å². The quantitative estimate of drug-likeness (QED) is 0.510. The number of amides is 1. The molecule has 110 valence electrons. The van der Waals surface area contributed by atoms with Crippen molar-refractivity contribution in [1.29, 1.82) is 0 Å². The van der Waals surface area contributed by atoms with Crippen molar-refractivity contribution >= 4 is 23.0 Å². The van der Waals surface area contributed by atoms with Gasteiger partial charge in [0.2, 0.25) is 0 Å². The van der Waals surface area contributed by atoms with Crippen LogP contribution in [-0.4, -0.2) is 22.2 Å². The Kier molecular flexibility index (Phi) is 3.98. The van der Waals surface area contributed by atoms with E-state index >= 15 is 0 Å². The molecule has 0 unspecified atom stereocenters. The largest absolute Gasteiger partial charge is 0.378 e. The summed E-state index contributed by atoms with van der Waals surface area (Å²) in [6.07, 6.45) is 0.274. The number of hydrazone groups is 1. The molecule has 3 N–H and O–H groups in total. The fourth-order valence-corrected chi connectivity index (χ4v) is 2.18. The predicted molar refractivity (Wildman–Crippen MR) is 85.4 cm³/mol. The van der Waals surface area contributed by atoms with Crippen molar-refractivity contribution in [2.24, 2.45) is 5.10 Å². The van der Waals surface area contributed by atoms with Gasteiger partial charge >= 0.3 is 0 Å². The molecule has 0 spiro atoms. The molecule has 5 heteroatoms. The van der Waals surface area contributed by atoms with Crippen LogP contribution in [0.4, 0.5) is 0 Å². The van der Waals surface area contributed by atoms with Gasteiger partial charge in [0.25, 0.3) is 5.91 Å². The maximum Gasteiger partial charge on any atom is 0.273 e. The summed E-state index contributed by atoms with van der Waals surface area (Å²) in [6.45, 7) is 0. The van der Waals surface area contributed by atoms with Crippen LogP contribution in [0.25, 0.3) is 10.9 Å². The summed E-state index contributed by atoms with van der Waals surface area (Å²) in [5.74, 6) is -0.571. The monoisotopic (exact) mass is 293 g/mol. The van der Waals surface area contributed by atoms with Gasteiger partial charge in [0, 0.05) is 10.9 Å². The lowest BCUT2D eigenvalue weighted by Crippen LogP contribution is -2.25. The van der Waals surface area contributed by atoms with E-state index in [4.69, 9.17) is 0 Å². The highest BCUT2D eigenvalue weighted by Crippen LogP contribution is 2.13. The Balaban J connectivity index is 1.65. The number of aromatic amines is 1. The number of hydrogen-bond donors (Lipinski definition) is 3. The molecule has 0 saturated heterocycles. The molecule has 0 aliphatic rings. The van der Waals surface area contributed by atoms with E-state index in [-0.39, 0.29) is 0 Å². The second-order valence-corrected chi connectivity index (χ2v) is 4.86. The third kappa shape index (κ3) is 3.05. The summed E-state index contributed by atoms with van der Waals surface area (Å²) in [4.78, 5) is 15.0. The number of aromatic nitrogens is 1. The number of para-hydroxylation sites is 1. The molecule has 3 rings (SSSR count). The van der Waals surface area contributed by atoms with E-state index in [2.05, 4.69) is 15.5 Å². The first-order valence-corrected chi connectivity index (χ1v) is 6.88. The van der Waals surface area contributed by atoms with Crippen molar-refractivity contribution in [3.63, 3.8) is 0 Å². The van der Waals surface area contributed by atoms with Gasteiger partial charge in [-0.15, -0.1) is 0 Å². The standard InChI is InChI=1S/C17H15N3O2/c21-16(12-6-2-1-3-7-12)17(22)20-18-11-14-10-13-8-4-5-9-15(13)19-14/h1-11,16,19,21H,(H,20,22)/b18-11+/t16-/m0/s1. The van der Waals surface area contributed by atoms with Crippen LogP contribution in [0.15, 0.2) is 65.8 Å². The molecule has 0 saturated carbocycles. The second kappa shape index (κ2) is 6.24. The predicted octanol–water partition coefficient (Wildman–Crippen LogP) is 2.35. The number of nitrogens with one attached hydrogen (secondary N) is 2. The minimum absolute atomic E-state index is 0.529. The van der Waals surface area contributed by atoms with Gasteiger partial charge in [-0.3, -0.25) is 4.79 Å². The van der Waals surface area contributed by atoms with Crippen molar-refractivity contribution in [2.75, 3.05) is 0 Å². The fraction of sp³-hybridized carbons (Fsp3) is 0.0588. The number of benzene rings is 2. The Bertz CT molecular complexity index is 776. The number of carbonyl (C=O) groups excluding carboxylic acids is 1. The Morgan fingerprint density at radius 2 is 1.86 bits per heavy atom. The van der Waals surface area contributed by atoms with Crippen LogP contribution in [0.3, 0.4) is 0 Å². The molecule has 0 radical (unpaired) electrons. The van der Waals surface area contributed by atoms with Crippen LogP contribution in [-0.2, 0) is 4.79 Å². The molecular weight excluding hydrogens is 278 g/mol. The van der Waals surface area contributed by atoms with Crippen LogP contribution >= 0.6 is 0 Å². The topological polar surface area (TPSA) is 77.5 Å². The number of aliphatic hydroxyl groups excluding tert-OH is 1. The van der Waals surface area contributed by atoms with E-state index in [1.54, 1.807) is 24.3 Å². The third-order valence-electron chi connectivity index (χ3n) is 3.29. The number of nitrogens with zero attached hydrogens (tertiary/aromatic N) is 1. The van der Waals surface area contributed by atoms with E-state index < -0.39 is 12.0 Å². The number of H-pyrrole nitrogens is 1. The fourth-order valence-electron chi connectivity index (χ4n) is 2.18. The first-order valence-electron chi connectivity index (χ1n) is 6.88. The summed E-state index contributed by atoms with van der Waals surface area (Å²) in [6, 6.07) is 18.5. The van der Waals surface area contributed by atoms with E-state index in [0.29, 0.717) is 5.56 Å². The van der Waals surface area contributed by atoms with Crippen molar-refractivity contribution in [3.8, 4) is 0 Å². The summed E-state index contributed by atoms with van der Waals surface area (Å²) in [5.41, 5.74) is 4.64. The highest BCUT2D eigenvalue weighted by atomic mass is 16.3. The molecule has 1 amide bonds. The SMILES string of the molecule is O=C(N/N=C/c1cc2ccccc2[nH]1)[C@@H](O)c1ccccc1. The van der Waals surface area contributed by atoms with E-state index in [1.807, 2.05) is 36.4 Å². The number of aliphatic hydroxyl groups is 1. The molecule has 1 aromatic heterocycles. The van der Waals surface area contributed by atoms with Gasteiger partial charge in [-0.1, -0.05) is 48.5 Å². The first-order chi connectivity index (χ1) is 10.7. The molecule has 3 aromatic rings. The maximum atomic E-state index is 11.8. The second-order valence-electron chi connectivity index (χ2n) is 4.86. The van der Waals surface area contributed by atoms with Crippen molar-refractivity contribution in [1.82, 2.24) is 10.4 Å². The van der Waals surface area contributed by atoms with Gasteiger partial charge in [0.15, 0.2) is 6.10 Å². The minimum Gasteiger partial charge on any atom is -0.378 e. The van der Waals surface area contributed by atoms with Crippen molar-refractivity contribution in [3.05, 3.63) is 71.9 Å². The lowest BCUT2D eigenvalue weighted by Gasteiger charge is -2.08. The third-order valence-corrected chi connectivity index (χ3v) is 3.29. The van der Waals surface area contributed by atoms with Crippen molar-refractivity contribution in [2.45, 2.75) is 6.10 Å². The molecule has 1 atom stereocenters. The average Bonchev–Trinajstić information content (AvgIpc) is 2.97. The lowest BCUT2D eigenvalue weighted by atomic mass is 10.1. The van der Waals surface area contributed by atoms with Crippen LogP contribution in [0.2, 0.25) is 0 Å². The maximum absolute atomic E-state index is 11.8. The van der Waals surface area contributed by atoms with Gasteiger partial charge in [0.05, 0.1) is 11.9 Å². The number of fused-ring (bicyclic) bond motifs is 1. The minimum atomic E-state index is -1.24. The van der Waals surface area contributed by atoms with Crippen molar-refractivity contribution < 1.29 is 9.90 Å². The Hall–Kier alpha value is -2.92. The number of carbonyl (C=O) groups is 1. The number of rotatable bonds is 4. The van der Waals surface area contributed by atoms with Crippen LogP contribution in [0, 0.1) is 0 Å². The molecule has 0 aliphatic carbocycles. The highest BCUT2D eigenvalue weighted by molar-refractivity contribution is 5.90. The normalized spacial score (nSPS) is 12.6. The van der Waals surface area contributed by atoms with Gasteiger partial charge < -0.3 is 10.1 Å². The Morgan fingerprint density at radius 3 is 2.64 bits per heavy atom. The van der Waals surface area contributed by atoms with Gasteiger partial charge in [0.1, 0.15) is 0 Å². The summed E-state index contributed by atoms with van der Waals surface area (Å²) in [5, 5.41) is 14.8. The zero-order chi connectivity index (χ0) is 15.4. The molecule has 0 fully saturated rings. The summed E-state index contributed by atoms with van der Waals surface area (Å²) < 4.78 is 0. The molecule has 0 aliphatic heterocycles. The van der Waals surface area contributed by atoms with Gasteiger partial charge in [-0.05, 0) is 17.7 Å². The molecule has 2 aromatic carbocycles. The molecule has 5 nitrogen and oxygen atoms in total. The molecule has 0 bridgehead atoms. The van der Waals surface area contributed by atoms with Gasteiger partial charge in [-0.25, -0.2) is 5.43 Å². The van der Waals surface area contributed by atoms with E-state index in [0.717, 1.165) is 16.6 Å². The average molecular weight is 293 g/mol. The lowest BCUT2D eigenvalue weighted by molar-refractivity contribution is -0.129. The molecule has 22 heavy (non-hydrogen) atoms. The van der Waals surface area contributed by atoms with Crippen LogP contribution in [0.5, 0.6) is 0 Å². The number of hydrogen-bond acceptors (Lipinski definition) is 3. The summed E-state index contributed by atoms with van der Waals surface area (Å²) >= 11 is 0. The zero-order valence-electron chi connectivity index (χ0n) is 11.7. The Labute approximate surface area is 127 Å². The Morgan fingerprint density at radius 1 is 1.14 bits per heavy atom. The zero-order valence-corrected chi connectivity index (χ0v) is 11.7. The smallest absolute Gasteiger partial charge is 0.273 e. The molecule has 1 heterocycles. The summed E-state index contributed by atoms with van der Waals surface area (Å²) in [7, 11) is 0.